The summed E-state index contributed by atoms with van der Waals surface area (Å²) < 4.78 is 0. The third-order valence-electron chi connectivity index (χ3n) is 4.00. The van der Waals surface area contributed by atoms with Crippen LogP contribution in [0.2, 0.25) is 0 Å². The van der Waals surface area contributed by atoms with Gasteiger partial charge in [0.1, 0.15) is 0 Å². The molecule has 0 aromatic rings. The van der Waals surface area contributed by atoms with Crippen LogP contribution in [0.1, 0.15) is 52.4 Å². The van der Waals surface area contributed by atoms with Crippen LogP contribution in [0.25, 0.3) is 0 Å². The van der Waals surface area contributed by atoms with Gasteiger partial charge in [-0.1, -0.05) is 20.3 Å². The van der Waals surface area contributed by atoms with Gasteiger partial charge in [-0.25, -0.2) is 4.79 Å². The second-order valence-corrected chi connectivity index (χ2v) is 5.68. The SMILES string of the molecule is CC1(C)CCCC1NC(=O)NC1CCC1. The summed E-state index contributed by atoms with van der Waals surface area (Å²) in [6, 6.07) is 0.840. The molecule has 1 unspecified atom stereocenters. The van der Waals surface area contributed by atoms with E-state index in [2.05, 4.69) is 24.5 Å². The molecular weight excluding hydrogens is 188 g/mol. The van der Waals surface area contributed by atoms with Crippen molar-refractivity contribution in [3.63, 3.8) is 0 Å². The molecule has 3 heteroatoms. The van der Waals surface area contributed by atoms with Gasteiger partial charge in [0.05, 0.1) is 0 Å². The standard InChI is InChI=1S/C12H22N2O/c1-12(2)8-4-7-10(12)14-11(15)13-9-5-3-6-9/h9-10H,3-8H2,1-2H3,(H2,13,14,15). The third kappa shape index (κ3) is 2.44. The predicted octanol–water partition coefficient (Wildman–Crippen LogP) is 2.42. The van der Waals surface area contributed by atoms with Crippen LogP contribution < -0.4 is 10.6 Å². The summed E-state index contributed by atoms with van der Waals surface area (Å²) in [6.07, 6.45) is 7.16. The van der Waals surface area contributed by atoms with Gasteiger partial charge in [-0.05, 0) is 37.5 Å². The van der Waals surface area contributed by atoms with Gasteiger partial charge in [0.15, 0.2) is 0 Å². The van der Waals surface area contributed by atoms with Crippen LogP contribution in [0.4, 0.5) is 4.79 Å². The molecule has 0 aromatic heterocycles. The minimum atomic E-state index is 0.0414. The van der Waals surface area contributed by atoms with Gasteiger partial charge in [-0.2, -0.15) is 0 Å². The number of hydrogen-bond acceptors (Lipinski definition) is 1. The van der Waals surface area contributed by atoms with Crippen molar-refractivity contribution in [1.82, 2.24) is 10.6 Å². The average Bonchev–Trinajstić information content (AvgIpc) is 2.39. The smallest absolute Gasteiger partial charge is 0.315 e. The largest absolute Gasteiger partial charge is 0.335 e. The van der Waals surface area contributed by atoms with E-state index in [1.165, 1.54) is 19.3 Å². The van der Waals surface area contributed by atoms with Crippen LogP contribution in [0.15, 0.2) is 0 Å². The van der Waals surface area contributed by atoms with E-state index in [0.717, 1.165) is 19.3 Å². The molecule has 3 nitrogen and oxygen atoms in total. The van der Waals surface area contributed by atoms with Gasteiger partial charge in [0, 0.05) is 12.1 Å². The van der Waals surface area contributed by atoms with Crippen LogP contribution in [-0.4, -0.2) is 18.1 Å². The summed E-state index contributed by atoms with van der Waals surface area (Å²) in [5.74, 6) is 0. The lowest BCUT2D eigenvalue weighted by atomic mass is 9.87. The first-order valence-electron chi connectivity index (χ1n) is 6.15. The average molecular weight is 210 g/mol. The van der Waals surface area contributed by atoms with E-state index in [1.807, 2.05) is 0 Å². The lowest BCUT2D eigenvalue weighted by Gasteiger charge is -2.31. The molecule has 0 bridgehead atoms. The van der Waals surface area contributed by atoms with Crippen LogP contribution in [0.3, 0.4) is 0 Å². The Bertz CT molecular complexity index is 246. The monoisotopic (exact) mass is 210 g/mol. The number of hydrogen-bond donors (Lipinski definition) is 2. The van der Waals surface area contributed by atoms with E-state index in [1.54, 1.807) is 0 Å². The van der Waals surface area contributed by atoms with Crippen molar-refractivity contribution in [1.29, 1.82) is 0 Å². The topological polar surface area (TPSA) is 41.1 Å². The fourth-order valence-electron chi connectivity index (χ4n) is 2.53. The Morgan fingerprint density at radius 3 is 2.33 bits per heavy atom. The van der Waals surface area contributed by atoms with Crippen molar-refractivity contribution in [3.05, 3.63) is 0 Å². The second-order valence-electron chi connectivity index (χ2n) is 5.68. The van der Waals surface area contributed by atoms with Gasteiger partial charge in [0.2, 0.25) is 0 Å². The summed E-state index contributed by atoms with van der Waals surface area (Å²) >= 11 is 0. The van der Waals surface area contributed by atoms with E-state index in [9.17, 15) is 4.79 Å². The van der Waals surface area contributed by atoms with E-state index in [-0.39, 0.29) is 11.4 Å². The lowest BCUT2D eigenvalue weighted by molar-refractivity contribution is 0.211. The maximum Gasteiger partial charge on any atom is 0.315 e. The number of urea groups is 1. The molecule has 0 heterocycles. The van der Waals surface area contributed by atoms with Crippen LogP contribution in [-0.2, 0) is 0 Å². The molecule has 0 aromatic carbocycles. The van der Waals surface area contributed by atoms with E-state index < -0.39 is 0 Å². The molecule has 15 heavy (non-hydrogen) atoms. The quantitative estimate of drug-likeness (QED) is 0.722. The molecule has 2 amide bonds. The van der Waals surface area contributed by atoms with Crippen molar-refractivity contribution in [2.75, 3.05) is 0 Å². The molecule has 2 aliphatic carbocycles. The molecule has 1 atom stereocenters. The zero-order chi connectivity index (χ0) is 10.9. The van der Waals surface area contributed by atoms with Crippen molar-refractivity contribution in [3.8, 4) is 0 Å². The zero-order valence-corrected chi connectivity index (χ0v) is 9.81. The van der Waals surface area contributed by atoms with Crippen molar-refractivity contribution >= 4 is 6.03 Å². The van der Waals surface area contributed by atoms with Gasteiger partial charge in [-0.15, -0.1) is 0 Å². The van der Waals surface area contributed by atoms with Gasteiger partial charge < -0.3 is 10.6 Å². The molecule has 2 fully saturated rings. The van der Waals surface area contributed by atoms with Gasteiger partial charge >= 0.3 is 6.03 Å². The summed E-state index contributed by atoms with van der Waals surface area (Å²) in [5, 5.41) is 6.15. The number of carbonyl (C=O) groups excluding carboxylic acids is 1. The van der Waals surface area contributed by atoms with Crippen molar-refractivity contribution in [2.45, 2.75) is 64.5 Å². The molecule has 2 saturated carbocycles. The van der Waals surface area contributed by atoms with Gasteiger partial charge in [-0.3, -0.25) is 0 Å². The molecule has 0 saturated heterocycles. The molecule has 2 N–H and O–H groups in total. The Morgan fingerprint density at radius 1 is 1.13 bits per heavy atom. The highest BCUT2D eigenvalue weighted by molar-refractivity contribution is 5.74. The predicted molar refractivity (Wildman–Crippen MR) is 60.7 cm³/mol. The third-order valence-corrected chi connectivity index (χ3v) is 4.00. The van der Waals surface area contributed by atoms with Crippen molar-refractivity contribution in [2.24, 2.45) is 5.41 Å². The fourth-order valence-corrected chi connectivity index (χ4v) is 2.53. The van der Waals surface area contributed by atoms with E-state index >= 15 is 0 Å². The number of carbonyl (C=O) groups is 1. The minimum absolute atomic E-state index is 0.0414. The molecule has 2 rings (SSSR count). The first kappa shape index (κ1) is 10.8. The summed E-state index contributed by atoms with van der Waals surface area (Å²) in [7, 11) is 0. The van der Waals surface area contributed by atoms with Crippen LogP contribution >= 0.6 is 0 Å². The fraction of sp³-hybridized carbons (Fsp3) is 0.917. The molecule has 2 aliphatic rings. The Labute approximate surface area is 92.0 Å². The highest BCUT2D eigenvalue weighted by Gasteiger charge is 2.35. The van der Waals surface area contributed by atoms with E-state index in [0.29, 0.717) is 12.1 Å². The number of nitrogens with one attached hydrogen (secondary N) is 2. The minimum Gasteiger partial charge on any atom is -0.335 e. The Hall–Kier alpha value is -0.730. The molecule has 86 valence electrons. The number of rotatable bonds is 2. The second kappa shape index (κ2) is 4.03. The van der Waals surface area contributed by atoms with Gasteiger partial charge in [0.25, 0.3) is 0 Å². The first-order chi connectivity index (χ1) is 7.08. The first-order valence-corrected chi connectivity index (χ1v) is 6.15. The number of amides is 2. The summed E-state index contributed by atoms with van der Waals surface area (Å²) in [4.78, 5) is 11.7. The molecular formula is C12H22N2O. The van der Waals surface area contributed by atoms with Crippen LogP contribution in [0, 0.1) is 5.41 Å². The maximum atomic E-state index is 11.7. The maximum absolute atomic E-state index is 11.7. The molecule has 0 spiro atoms. The Balaban J connectivity index is 1.77. The summed E-state index contributed by atoms with van der Waals surface area (Å²) in [6.45, 7) is 4.49. The Kier molecular flexibility index (Phi) is 2.89. The molecule has 0 radical (unpaired) electrons. The Morgan fingerprint density at radius 2 is 1.87 bits per heavy atom. The highest BCUT2D eigenvalue weighted by Crippen LogP contribution is 2.37. The molecule has 0 aliphatic heterocycles. The van der Waals surface area contributed by atoms with Crippen LogP contribution in [0.5, 0.6) is 0 Å². The van der Waals surface area contributed by atoms with E-state index in [4.69, 9.17) is 0 Å². The highest BCUT2D eigenvalue weighted by atomic mass is 16.2. The zero-order valence-electron chi connectivity index (χ0n) is 9.81. The normalized spacial score (nSPS) is 29.6. The lowest BCUT2D eigenvalue weighted by Crippen LogP contribution is -2.50. The summed E-state index contributed by atoms with van der Waals surface area (Å²) in [5.41, 5.74) is 0.275. The van der Waals surface area contributed by atoms with Crippen molar-refractivity contribution < 1.29 is 4.79 Å².